The van der Waals surface area contributed by atoms with E-state index in [4.69, 9.17) is 16.3 Å². The van der Waals surface area contributed by atoms with Crippen LogP contribution >= 0.6 is 11.6 Å². The molecule has 1 rings (SSSR count). The molecule has 0 fully saturated rings. The highest BCUT2D eigenvalue weighted by atomic mass is 35.5. The number of carbonyl (C=O) groups is 1. The topological polar surface area (TPSA) is 26.3 Å². The van der Waals surface area contributed by atoms with Crippen molar-refractivity contribution < 1.29 is 9.53 Å². The number of hydrogen-bond acceptors (Lipinski definition) is 2. The second-order valence-corrected chi connectivity index (χ2v) is 5.34. The fraction of sp³-hybridized carbons (Fsp3) is 0.562. The molecule has 1 aromatic rings. The van der Waals surface area contributed by atoms with Crippen LogP contribution in [-0.2, 0) is 4.79 Å². The van der Waals surface area contributed by atoms with E-state index < -0.39 is 0 Å². The molecule has 0 N–H and O–H groups in total. The summed E-state index contributed by atoms with van der Waals surface area (Å²) < 4.78 is 5.46. The van der Waals surface area contributed by atoms with E-state index in [0.29, 0.717) is 23.1 Å². The molecular formula is C16H23ClO2. The van der Waals surface area contributed by atoms with Crippen molar-refractivity contribution in [2.24, 2.45) is 5.92 Å². The fourth-order valence-electron chi connectivity index (χ4n) is 2.04. The van der Waals surface area contributed by atoms with Gasteiger partial charge in [0.25, 0.3) is 0 Å². The minimum absolute atomic E-state index is 0.142. The number of benzene rings is 1. The Morgan fingerprint density at radius 3 is 2.79 bits per heavy atom. The molecule has 0 heterocycles. The Bertz CT molecular complexity index is 390. The first-order valence-electron chi connectivity index (χ1n) is 7.05. The first-order chi connectivity index (χ1) is 9.15. The van der Waals surface area contributed by atoms with Gasteiger partial charge in [0.1, 0.15) is 12.4 Å². The van der Waals surface area contributed by atoms with Gasteiger partial charge in [0.05, 0.1) is 0 Å². The van der Waals surface area contributed by atoms with Crippen LogP contribution in [0.4, 0.5) is 0 Å². The predicted octanol–water partition coefficient (Wildman–Crippen LogP) is 4.89. The number of unbranched alkanes of at least 4 members (excludes halogenated alkanes) is 1. The highest BCUT2D eigenvalue weighted by molar-refractivity contribution is 6.30. The number of ketones is 1. The maximum atomic E-state index is 11.9. The van der Waals surface area contributed by atoms with Gasteiger partial charge in [-0.25, -0.2) is 0 Å². The van der Waals surface area contributed by atoms with E-state index in [1.165, 1.54) is 12.8 Å². The summed E-state index contributed by atoms with van der Waals surface area (Å²) in [6.45, 7) is 4.46. The lowest BCUT2D eigenvalue weighted by atomic mass is 9.94. The maximum absolute atomic E-state index is 11.9. The van der Waals surface area contributed by atoms with Crippen molar-refractivity contribution in [1.82, 2.24) is 0 Å². The zero-order valence-electron chi connectivity index (χ0n) is 11.8. The van der Waals surface area contributed by atoms with E-state index in [1.54, 1.807) is 12.1 Å². The number of halogens is 1. The van der Waals surface area contributed by atoms with Gasteiger partial charge < -0.3 is 4.74 Å². The molecule has 0 aliphatic heterocycles. The van der Waals surface area contributed by atoms with E-state index in [1.807, 2.05) is 12.1 Å². The average molecular weight is 283 g/mol. The molecule has 1 atom stereocenters. The zero-order chi connectivity index (χ0) is 14.1. The van der Waals surface area contributed by atoms with E-state index >= 15 is 0 Å². The van der Waals surface area contributed by atoms with Crippen molar-refractivity contribution in [2.45, 2.75) is 46.0 Å². The van der Waals surface area contributed by atoms with Gasteiger partial charge in [0.2, 0.25) is 0 Å². The first-order valence-corrected chi connectivity index (χ1v) is 7.43. The van der Waals surface area contributed by atoms with Gasteiger partial charge in [-0.1, -0.05) is 57.2 Å². The second kappa shape index (κ2) is 8.98. The van der Waals surface area contributed by atoms with Crippen LogP contribution in [0.2, 0.25) is 5.02 Å². The lowest BCUT2D eigenvalue weighted by molar-refractivity contribution is -0.122. The van der Waals surface area contributed by atoms with Gasteiger partial charge in [0, 0.05) is 11.4 Å². The Morgan fingerprint density at radius 1 is 1.37 bits per heavy atom. The largest absolute Gasteiger partial charge is 0.486 e. The minimum atomic E-state index is 0.142. The molecule has 1 unspecified atom stereocenters. The SMILES string of the molecule is CCCCC(CC)CC(=O)COc1cccc(Cl)c1. The molecule has 0 bridgehead atoms. The lowest BCUT2D eigenvalue weighted by Gasteiger charge is -2.13. The third-order valence-electron chi connectivity index (χ3n) is 3.26. The van der Waals surface area contributed by atoms with Gasteiger partial charge in [-0.15, -0.1) is 0 Å². The molecule has 0 aliphatic carbocycles. The highest BCUT2D eigenvalue weighted by Gasteiger charge is 2.12. The van der Waals surface area contributed by atoms with Crippen molar-refractivity contribution in [3.8, 4) is 5.75 Å². The molecule has 0 aliphatic rings. The number of hydrogen-bond donors (Lipinski definition) is 0. The fourth-order valence-corrected chi connectivity index (χ4v) is 2.23. The van der Waals surface area contributed by atoms with Gasteiger partial charge in [-0.05, 0) is 24.1 Å². The van der Waals surface area contributed by atoms with Crippen LogP contribution in [0.3, 0.4) is 0 Å². The monoisotopic (exact) mass is 282 g/mol. The molecule has 2 nitrogen and oxygen atoms in total. The maximum Gasteiger partial charge on any atom is 0.170 e. The van der Waals surface area contributed by atoms with Crippen molar-refractivity contribution in [1.29, 1.82) is 0 Å². The normalized spacial score (nSPS) is 12.2. The van der Waals surface area contributed by atoms with Crippen molar-refractivity contribution in [3.63, 3.8) is 0 Å². The lowest BCUT2D eigenvalue weighted by Crippen LogP contribution is -2.15. The van der Waals surface area contributed by atoms with Crippen LogP contribution < -0.4 is 4.74 Å². The number of ether oxygens (including phenoxy) is 1. The smallest absolute Gasteiger partial charge is 0.170 e. The van der Waals surface area contributed by atoms with Crippen LogP contribution in [-0.4, -0.2) is 12.4 Å². The minimum Gasteiger partial charge on any atom is -0.486 e. The first kappa shape index (κ1) is 16.0. The Labute approximate surface area is 121 Å². The summed E-state index contributed by atoms with van der Waals surface area (Å²) in [6, 6.07) is 7.14. The molecular weight excluding hydrogens is 260 g/mol. The van der Waals surface area contributed by atoms with E-state index in [9.17, 15) is 4.79 Å². The average Bonchev–Trinajstić information content (AvgIpc) is 2.41. The summed E-state index contributed by atoms with van der Waals surface area (Å²) in [5, 5.41) is 0.624. The Kier molecular flexibility index (Phi) is 7.57. The zero-order valence-corrected chi connectivity index (χ0v) is 12.6. The van der Waals surface area contributed by atoms with Gasteiger partial charge in [-0.2, -0.15) is 0 Å². The predicted molar refractivity (Wildman–Crippen MR) is 79.9 cm³/mol. The highest BCUT2D eigenvalue weighted by Crippen LogP contribution is 2.19. The summed E-state index contributed by atoms with van der Waals surface area (Å²) in [6.07, 6.45) is 5.19. The molecule has 0 radical (unpaired) electrons. The molecule has 0 spiro atoms. The van der Waals surface area contributed by atoms with Crippen LogP contribution in [0.5, 0.6) is 5.75 Å². The molecule has 3 heteroatoms. The summed E-state index contributed by atoms with van der Waals surface area (Å²) >= 11 is 5.86. The number of carbonyl (C=O) groups excluding carboxylic acids is 1. The third-order valence-corrected chi connectivity index (χ3v) is 3.49. The Balaban J connectivity index is 2.34. The quantitative estimate of drug-likeness (QED) is 0.644. The molecule has 1 aromatic carbocycles. The van der Waals surface area contributed by atoms with Gasteiger partial charge in [0.15, 0.2) is 5.78 Å². The van der Waals surface area contributed by atoms with Crippen LogP contribution in [0.25, 0.3) is 0 Å². The molecule has 0 saturated carbocycles. The number of rotatable bonds is 9. The van der Waals surface area contributed by atoms with Crippen molar-refractivity contribution in [3.05, 3.63) is 29.3 Å². The summed E-state index contributed by atoms with van der Waals surface area (Å²) in [5.41, 5.74) is 0. The standard InChI is InChI=1S/C16H23ClO2/c1-3-5-7-13(4-2)10-15(18)12-19-16-9-6-8-14(17)11-16/h6,8-9,11,13H,3-5,7,10,12H2,1-2H3. The van der Waals surface area contributed by atoms with E-state index in [0.717, 1.165) is 12.8 Å². The van der Waals surface area contributed by atoms with Gasteiger partial charge >= 0.3 is 0 Å². The molecule has 0 amide bonds. The molecule has 106 valence electrons. The van der Waals surface area contributed by atoms with Crippen LogP contribution in [0.15, 0.2) is 24.3 Å². The summed E-state index contributed by atoms with van der Waals surface area (Å²) in [4.78, 5) is 11.9. The van der Waals surface area contributed by atoms with Crippen LogP contribution in [0.1, 0.15) is 46.0 Å². The summed E-state index contributed by atoms with van der Waals surface area (Å²) in [5.74, 6) is 1.32. The second-order valence-electron chi connectivity index (χ2n) is 4.91. The van der Waals surface area contributed by atoms with E-state index in [-0.39, 0.29) is 12.4 Å². The van der Waals surface area contributed by atoms with Crippen LogP contribution in [0, 0.1) is 5.92 Å². The third kappa shape index (κ3) is 6.63. The Hall–Kier alpha value is -1.02. The van der Waals surface area contributed by atoms with Gasteiger partial charge in [-0.3, -0.25) is 4.79 Å². The van der Waals surface area contributed by atoms with Crippen molar-refractivity contribution >= 4 is 17.4 Å². The number of Topliss-reactive ketones (excluding diaryl/α,β-unsaturated/α-hetero) is 1. The Morgan fingerprint density at radius 2 is 2.16 bits per heavy atom. The molecule has 0 saturated heterocycles. The van der Waals surface area contributed by atoms with Crippen molar-refractivity contribution in [2.75, 3.05) is 6.61 Å². The molecule has 19 heavy (non-hydrogen) atoms. The summed E-state index contributed by atoms with van der Waals surface area (Å²) in [7, 11) is 0. The molecule has 0 aromatic heterocycles. The van der Waals surface area contributed by atoms with E-state index in [2.05, 4.69) is 13.8 Å².